The van der Waals surface area contributed by atoms with Gasteiger partial charge in [-0.15, -0.1) is 11.8 Å². The van der Waals surface area contributed by atoms with Crippen LogP contribution in [0.3, 0.4) is 0 Å². The Hall–Kier alpha value is -1.28. The number of rotatable bonds is 2. The normalized spacial score (nSPS) is 9.62. The molecule has 0 atom stereocenters. The van der Waals surface area contributed by atoms with Crippen molar-refractivity contribution in [3.05, 3.63) is 11.4 Å². The van der Waals surface area contributed by atoms with E-state index in [-0.39, 0.29) is 5.82 Å². The molecule has 13 heavy (non-hydrogen) atoms. The lowest BCUT2D eigenvalue weighted by atomic mass is 10.3. The van der Waals surface area contributed by atoms with Crippen LogP contribution in [0.2, 0.25) is 0 Å². The predicted molar refractivity (Wildman–Crippen MR) is 52.3 cm³/mol. The maximum absolute atomic E-state index is 8.77. The molecule has 0 spiro atoms. The predicted octanol–water partition coefficient (Wildman–Crippen LogP) is 1.21. The standard InChI is InChI=1S/C8H10N4S/c1-3-6-11-7(10)5(4-9)8(12-6)13-2/h3H2,1-2H3,(H2,10,11,12). The fourth-order valence-electron chi connectivity index (χ4n) is 0.914. The zero-order valence-corrected chi connectivity index (χ0v) is 8.35. The van der Waals surface area contributed by atoms with Crippen molar-refractivity contribution in [2.24, 2.45) is 0 Å². The monoisotopic (exact) mass is 194 g/mol. The van der Waals surface area contributed by atoms with Crippen molar-refractivity contribution in [2.75, 3.05) is 12.0 Å². The number of nitrogens with two attached hydrogens (primary N) is 1. The molecule has 5 heteroatoms. The molecule has 0 aromatic carbocycles. The number of thioether (sulfide) groups is 1. The third-order valence-corrected chi connectivity index (χ3v) is 2.25. The van der Waals surface area contributed by atoms with E-state index < -0.39 is 0 Å². The van der Waals surface area contributed by atoms with E-state index in [9.17, 15) is 0 Å². The van der Waals surface area contributed by atoms with Gasteiger partial charge in [0.15, 0.2) is 0 Å². The summed E-state index contributed by atoms with van der Waals surface area (Å²) in [6.45, 7) is 1.95. The summed E-state index contributed by atoms with van der Waals surface area (Å²) in [6.07, 6.45) is 2.59. The van der Waals surface area contributed by atoms with E-state index >= 15 is 0 Å². The van der Waals surface area contributed by atoms with Gasteiger partial charge in [0.05, 0.1) is 0 Å². The summed E-state index contributed by atoms with van der Waals surface area (Å²) in [5.74, 6) is 0.958. The lowest BCUT2D eigenvalue weighted by molar-refractivity contribution is 0.889. The maximum atomic E-state index is 8.77. The molecule has 0 aliphatic carbocycles. The van der Waals surface area contributed by atoms with Crippen LogP contribution in [0.5, 0.6) is 0 Å². The molecule has 0 saturated carbocycles. The summed E-state index contributed by atoms with van der Waals surface area (Å²) in [4.78, 5) is 8.19. The molecular formula is C8H10N4S. The number of nitrogen functional groups attached to an aromatic ring is 1. The number of hydrogen-bond acceptors (Lipinski definition) is 5. The van der Waals surface area contributed by atoms with Gasteiger partial charge in [-0.3, -0.25) is 0 Å². The molecule has 0 bridgehead atoms. The van der Waals surface area contributed by atoms with Crippen LogP contribution in [0, 0.1) is 11.3 Å². The minimum absolute atomic E-state index is 0.277. The lowest BCUT2D eigenvalue weighted by Gasteiger charge is -2.04. The van der Waals surface area contributed by atoms with Gasteiger partial charge >= 0.3 is 0 Å². The zero-order chi connectivity index (χ0) is 9.84. The molecule has 1 aromatic rings. The first-order chi connectivity index (χ1) is 6.22. The Labute approximate surface area is 81.2 Å². The molecule has 1 heterocycles. The Bertz CT molecular complexity index is 356. The summed E-state index contributed by atoms with van der Waals surface area (Å²) in [5.41, 5.74) is 5.98. The molecule has 2 N–H and O–H groups in total. The van der Waals surface area contributed by atoms with Gasteiger partial charge in [-0.2, -0.15) is 5.26 Å². The van der Waals surface area contributed by atoms with Crippen molar-refractivity contribution in [1.82, 2.24) is 9.97 Å². The number of nitrogens with zero attached hydrogens (tertiary/aromatic N) is 3. The van der Waals surface area contributed by atoms with Gasteiger partial charge in [0.25, 0.3) is 0 Å². The molecule has 0 fully saturated rings. The largest absolute Gasteiger partial charge is 0.382 e. The Kier molecular flexibility index (Phi) is 3.09. The molecule has 0 unspecified atom stereocenters. The van der Waals surface area contributed by atoms with Crippen molar-refractivity contribution in [2.45, 2.75) is 18.4 Å². The third kappa shape index (κ3) is 1.90. The highest BCUT2D eigenvalue weighted by Gasteiger charge is 2.09. The molecule has 68 valence electrons. The van der Waals surface area contributed by atoms with Gasteiger partial charge in [-0.05, 0) is 6.26 Å². The summed E-state index contributed by atoms with van der Waals surface area (Å²) in [7, 11) is 0. The smallest absolute Gasteiger partial charge is 0.146 e. The van der Waals surface area contributed by atoms with Crippen LogP contribution in [0.1, 0.15) is 18.3 Å². The zero-order valence-electron chi connectivity index (χ0n) is 7.53. The van der Waals surface area contributed by atoms with Crippen LogP contribution in [0.25, 0.3) is 0 Å². The minimum Gasteiger partial charge on any atom is -0.382 e. The van der Waals surface area contributed by atoms with E-state index in [0.29, 0.717) is 16.4 Å². The van der Waals surface area contributed by atoms with Crippen LogP contribution in [0.4, 0.5) is 5.82 Å². The average Bonchev–Trinajstić information content (AvgIpc) is 2.16. The first-order valence-corrected chi connectivity index (χ1v) is 5.05. The first-order valence-electron chi connectivity index (χ1n) is 3.83. The highest BCUT2D eigenvalue weighted by Crippen LogP contribution is 2.21. The molecule has 0 saturated heterocycles. The number of anilines is 1. The van der Waals surface area contributed by atoms with E-state index in [0.717, 1.165) is 6.42 Å². The van der Waals surface area contributed by atoms with Crippen LogP contribution in [-0.4, -0.2) is 16.2 Å². The van der Waals surface area contributed by atoms with Crippen LogP contribution >= 0.6 is 11.8 Å². The molecule has 0 amide bonds. The van der Waals surface area contributed by atoms with E-state index in [1.54, 1.807) is 0 Å². The quantitative estimate of drug-likeness (QED) is 0.565. The summed E-state index contributed by atoms with van der Waals surface area (Å²) < 4.78 is 0. The second-order valence-electron chi connectivity index (χ2n) is 2.37. The maximum Gasteiger partial charge on any atom is 0.146 e. The topological polar surface area (TPSA) is 75.6 Å². The van der Waals surface area contributed by atoms with E-state index in [4.69, 9.17) is 11.0 Å². The SMILES string of the molecule is CCc1nc(N)c(C#N)c(SC)n1. The number of aryl methyl sites for hydroxylation is 1. The number of hydrogen-bond donors (Lipinski definition) is 1. The fourth-order valence-corrected chi connectivity index (χ4v) is 1.46. The minimum atomic E-state index is 0.277. The summed E-state index contributed by atoms with van der Waals surface area (Å²) in [6, 6.07) is 2.00. The molecule has 1 rings (SSSR count). The highest BCUT2D eigenvalue weighted by molar-refractivity contribution is 7.98. The van der Waals surface area contributed by atoms with E-state index in [1.165, 1.54) is 11.8 Å². The molecule has 1 aromatic heterocycles. The van der Waals surface area contributed by atoms with Gasteiger partial charge in [0.1, 0.15) is 28.3 Å². The number of nitriles is 1. The summed E-state index contributed by atoms with van der Waals surface area (Å²) in [5, 5.41) is 9.43. The van der Waals surface area contributed by atoms with E-state index in [1.807, 2.05) is 19.2 Å². The van der Waals surface area contributed by atoms with Crippen molar-refractivity contribution in [3.8, 4) is 6.07 Å². The van der Waals surface area contributed by atoms with Gasteiger partial charge in [0, 0.05) is 6.42 Å². The van der Waals surface area contributed by atoms with Crippen LogP contribution in [-0.2, 0) is 6.42 Å². The van der Waals surface area contributed by atoms with Crippen molar-refractivity contribution in [3.63, 3.8) is 0 Å². The molecular weight excluding hydrogens is 184 g/mol. The Morgan fingerprint density at radius 2 is 2.23 bits per heavy atom. The van der Waals surface area contributed by atoms with E-state index in [2.05, 4.69) is 9.97 Å². The van der Waals surface area contributed by atoms with Crippen molar-refractivity contribution >= 4 is 17.6 Å². The van der Waals surface area contributed by atoms with Gasteiger partial charge in [0.2, 0.25) is 0 Å². The molecule has 0 aliphatic heterocycles. The third-order valence-electron chi connectivity index (χ3n) is 1.57. The van der Waals surface area contributed by atoms with Gasteiger partial charge in [-0.25, -0.2) is 9.97 Å². The Balaban J connectivity index is 3.31. The summed E-state index contributed by atoms with van der Waals surface area (Å²) >= 11 is 1.41. The fraction of sp³-hybridized carbons (Fsp3) is 0.375. The van der Waals surface area contributed by atoms with Gasteiger partial charge < -0.3 is 5.73 Å². The molecule has 0 aliphatic rings. The lowest BCUT2D eigenvalue weighted by Crippen LogP contribution is -2.03. The average molecular weight is 194 g/mol. The van der Waals surface area contributed by atoms with Crippen molar-refractivity contribution in [1.29, 1.82) is 5.26 Å². The Morgan fingerprint density at radius 3 is 2.69 bits per heavy atom. The first kappa shape index (κ1) is 9.81. The molecule has 4 nitrogen and oxygen atoms in total. The number of aromatic nitrogens is 2. The highest BCUT2D eigenvalue weighted by atomic mass is 32.2. The molecule has 0 radical (unpaired) electrons. The second kappa shape index (κ2) is 4.10. The second-order valence-corrected chi connectivity index (χ2v) is 3.17. The van der Waals surface area contributed by atoms with Gasteiger partial charge in [-0.1, -0.05) is 6.92 Å². The van der Waals surface area contributed by atoms with Crippen LogP contribution < -0.4 is 5.73 Å². The van der Waals surface area contributed by atoms with Crippen molar-refractivity contribution < 1.29 is 0 Å². The Morgan fingerprint density at radius 1 is 1.54 bits per heavy atom. The van der Waals surface area contributed by atoms with Crippen LogP contribution in [0.15, 0.2) is 5.03 Å².